The van der Waals surface area contributed by atoms with Crippen molar-refractivity contribution in [1.29, 1.82) is 5.26 Å². The Hall–Kier alpha value is -1.89. The zero-order valence-electron chi connectivity index (χ0n) is 10.0. The van der Waals surface area contributed by atoms with Crippen LogP contribution < -0.4 is 11.1 Å². The molecule has 0 aliphatic heterocycles. The maximum Gasteiger partial charge on any atom is 0.0991 e. The van der Waals surface area contributed by atoms with Crippen LogP contribution in [0.25, 0.3) is 0 Å². The summed E-state index contributed by atoms with van der Waals surface area (Å²) in [5.41, 5.74) is 7.52. The quantitative estimate of drug-likeness (QED) is 0.786. The molecule has 0 heterocycles. The lowest BCUT2D eigenvalue weighted by molar-refractivity contribution is 0.564. The van der Waals surface area contributed by atoms with E-state index in [9.17, 15) is 0 Å². The van der Waals surface area contributed by atoms with Gasteiger partial charge in [0.1, 0.15) is 0 Å². The summed E-state index contributed by atoms with van der Waals surface area (Å²) in [7, 11) is 0. The van der Waals surface area contributed by atoms with Crippen LogP contribution in [0, 0.1) is 17.2 Å². The maximum atomic E-state index is 8.98. The summed E-state index contributed by atoms with van der Waals surface area (Å²) in [5, 5.41) is 12.4. The topological polar surface area (TPSA) is 61.8 Å². The zero-order valence-corrected chi connectivity index (χ0v) is 10.0. The lowest BCUT2D eigenvalue weighted by atomic mass is 10.0. The van der Waals surface area contributed by atoms with E-state index in [1.165, 1.54) is 5.56 Å². The molecule has 3 rings (SSSR count). The van der Waals surface area contributed by atoms with E-state index >= 15 is 0 Å². The Morgan fingerprint density at radius 3 is 3.06 bits per heavy atom. The molecule has 0 saturated heterocycles. The minimum absolute atomic E-state index is 0.0441. The number of hydrogen-bond acceptors (Lipinski definition) is 3. The highest BCUT2D eigenvalue weighted by Crippen LogP contribution is 2.60. The summed E-state index contributed by atoms with van der Waals surface area (Å²) in [5.74, 6) is 0.823. The average molecular weight is 237 g/mol. The van der Waals surface area contributed by atoms with Gasteiger partial charge in [-0.2, -0.15) is 5.26 Å². The summed E-state index contributed by atoms with van der Waals surface area (Å²) in [4.78, 5) is 0. The van der Waals surface area contributed by atoms with Gasteiger partial charge in [0.2, 0.25) is 0 Å². The van der Waals surface area contributed by atoms with E-state index in [1.54, 1.807) is 0 Å². The van der Waals surface area contributed by atoms with Crippen molar-refractivity contribution >= 4 is 0 Å². The molecule has 2 aliphatic rings. The molecule has 90 valence electrons. The molecule has 3 heteroatoms. The predicted octanol–water partition coefficient (Wildman–Crippen LogP) is 1.64. The van der Waals surface area contributed by atoms with E-state index in [0.717, 1.165) is 0 Å². The van der Waals surface area contributed by atoms with Crippen LogP contribution in [0.5, 0.6) is 0 Å². The molecular weight excluding hydrogens is 222 g/mol. The number of hydrogen-bond donors (Lipinski definition) is 2. The first-order valence-electron chi connectivity index (χ1n) is 6.13. The standard InChI is InChI=1S/C15H15N3/c16-9-11-4-3-5-12(8-11)14-13-6-1-2-7-15(13,14)18-10-17/h1-8,13-14,18H,10,17H2/t13?,14-,15?/m1/s1. The number of rotatable bonds is 3. The number of fused-ring (bicyclic) bond motifs is 1. The molecule has 1 fully saturated rings. The third-order valence-electron chi connectivity index (χ3n) is 3.90. The van der Waals surface area contributed by atoms with E-state index in [4.69, 9.17) is 11.0 Å². The SMILES string of the molecule is N#Cc1cccc([C@@H]2C3C=CC=CC32NCN)c1. The number of nitriles is 1. The molecule has 2 aliphatic carbocycles. The second-order valence-electron chi connectivity index (χ2n) is 4.80. The second kappa shape index (κ2) is 4.09. The van der Waals surface area contributed by atoms with E-state index in [2.05, 4.69) is 41.8 Å². The van der Waals surface area contributed by atoms with Gasteiger partial charge >= 0.3 is 0 Å². The summed E-state index contributed by atoms with van der Waals surface area (Å²) < 4.78 is 0. The molecule has 2 unspecified atom stereocenters. The van der Waals surface area contributed by atoms with Gasteiger partial charge in [-0.05, 0) is 17.7 Å². The number of nitrogens with zero attached hydrogens (tertiary/aromatic N) is 1. The van der Waals surface area contributed by atoms with Gasteiger partial charge < -0.3 is 5.73 Å². The van der Waals surface area contributed by atoms with Crippen LogP contribution in [0.2, 0.25) is 0 Å². The normalized spacial score (nSPS) is 31.8. The Balaban J connectivity index is 1.96. The highest BCUT2D eigenvalue weighted by molar-refractivity contribution is 5.50. The molecule has 0 bridgehead atoms. The van der Waals surface area contributed by atoms with Gasteiger partial charge in [0.25, 0.3) is 0 Å². The molecule has 1 aromatic rings. The van der Waals surface area contributed by atoms with Gasteiger partial charge in [-0.1, -0.05) is 36.4 Å². The van der Waals surface area contributed by atoms with E-state index in [-0.39, 0.29) is 5.54 Å². The largest absolute Gasteiger partial charge is 0.318 e. The van der Waals surface area contributed by atoms with Crippen molar-refractivity contribution in [3.05, 3.63) is 59.7 Å². The second-order valence-corrected chi connectivity index (χ2v) is 4.80. The molecule has 1 aromatic carbocycles. The molecular formula is C15H15N3. The Morgan fingerprint density at radius 1 is 1.39 bits per heavy atom. The molecule has 18 heavy (non-hydrogen) atoms. The molecule has 3 N–H and O–H groups in total. The van der Waals surface area contributed by atoms with Gasteiger partial charge in [-0.25, -0.2) is 0 Å². The first-order chi connectivity index (χ1) is 8.81. The molecule has 0 radical (unpaired) electrons. The molecule has 0 amide bonds. The summed E-state index contributed by atoms with van der Waals surface area (Å²) >= 11 is 0. The van der Waals surface area contributed by atoms with Gasteiger partial charge in [0.15, 0.2) is 0 Å². The van der Waals surface area contributed by atoms with E-state index in [1.807, 2.05) is 18.2 Å². The Labute approximate surface area is 107 Å². The maximum absolute atomic E-state index is 8.98. The fraction of sp³-hybridized carbons (Fsp3) is 0.267. The molecule has 3 atom stereocenters. The lowest BCUT2D eigenvalue weighted by Gasteiger charge is -2.15. The van der Waals surface area contributed by atoms with E-state index in [0.29, 0.717) is 24.1 Å². The van der Waals surface area contributed by atoms with Crippen LogP contribution in [0.1, 0.15) is 17.0 Å². The minimum atomic E-state index is -0.0441. The van der Waals surface area contributed by atoms with Gasteiger partial charge in [-0.3, -0.25) is 5.32 Å². The smallest absolute Gasteiger partial charge is 0.0991 e. The van der Waals surface area contributed by atoms with Crippen LogP contribution in [-0.2, 0) is 0 Å². The number of nitrogens with one attached hydrogen (secondary N) is 1. The Bertz CT molecular complexity index is 567. The molecule has 0 aromatic heterocycles. The van der Waals surface area contributed by atoms with Crippen molar-refractivity contribution in [3.63, 3.8) is 0 Å². The number of benzene rings is 1. The highest BCUT2D eigenvalue weighted by atomic mass is 15.1. The first-order valence-corrected chi connectivity index (χ1v) is 6.13. The third-order valence-corrected chi connectivity index (χ3v) is 3.90. The Morgan fingerprint density at radius 2 is 2.28 bits per heavy atom. The molecule has 1 saturated carbocycles. The fourth-order valence-corrected chi connectivity index (χ4v) is 3.07. The predicted molar refractivity (Wildman–Crippen MR) is 70.6 cm³/mol. The Kier molecular flexibility index (Phi) is 2.55. The molecule has 3 nitrogen and oxygen atoms in total. The zero-order chi connectivity index (χ0) is 12.6. The van der Waals surface area contributed by atoms with Crippen molar-refractivity contribution < 1.29 is 0 Å². The fourth-order valence-electron chi connectivity index (χ4n) is 3.07. The summed E-state index contributed by atoms with van der Waals surface area (Å²) in [6, 6.07) is 10.0. The van der Waals surface area contributed by atoms with E-state index < -0.39 is 0 Å². The number of nitrogens with two attached hydrogens (primary N) is 1. The molecule has 0 spiro atoms. The monoisotopic (exact) mass is 237 g/mol. The first kappa shape index (κ1) is 11.2. The van der Waals surface area contributed by atoms with Gasteiger partial charge in [0, 0.05) is 18.5 Å². The van der Waals surface area contributed by atoms with Crippen molar-refractivity contribution in [2.75, 3.05) is 6.67 Å². The number of allylic oxidation sites excluding steroid dienone is 2. The van der Waals surface area contributed by atoms with Crippen LogP contribution in [0.3, 0.4) is 0 Å². The van der Waals surface area contributed by atoms with Gasteiger partial charge in [-0.15, -0.1) is 0 Å². The van der Waals surface area contributed by atoms with Crippen LogP contribution >= 0.6 is 0 Å². The van der Waals surface area contributed by atoms with Crippen LogP contribution in [0.15, 0.2) is 48.6 Å². The van der Waals surface area contributed by atoms with Crippen LogP contribution in [-0.4, -0.2) is 12.2 Å². The van der Waals surface area contributed by atoms with Crippen molar-refractivity contribution in [1.82, 2.24) is 5.32 Å². The van der Waals surface area contributed by atoms with Crippen molar-refractivity contribution in [3.8, 4) is 6.07 Å². The third kappa shape index (κ3) is 1.51. The van der Waals surface area contributed by atoms with Crippen LogP contribution in [0.4, 0.5) is 0 Å². The lowest BCUT2D eigenvalue weighted by Crippen LogP contribution is -2.37. The summed E-state index contributed by atoms with van der Waals surface area (Å²) in [6.45, 7) is 0.461. The van der Waals surface area contributed by atoms with Gasteiger partial charge in [0.05, 0.1) is 17.2 Å². The minimum Gasteiger partial charge on any atom is -0.318 e. The summed E-state index contributed by atoms with van der Waals surface area (Å²) in [6.07, 6.45) is 8.54. The average Bonchev–Trinajstić information content (AvgIpc) is 3.07. The highest BCUT2D eigenvalue weighted by Gasteiger charge is 2.62. The van der Waals surface area contributed by atoms with Crippen molar-refractivity contribution in [2.45, 2.75) is 11.5 Å². The van der Waals surface area contributed by atoms with Crippen molar-refractivity contribution in [2.24, 2.45) is 11.7 Å².